The quantitative estimate of drug-likeness (QED) is 0.300. The predicted octanol–water partition coefficient (Wildman–Crippen LogP) is 4.30. The van der Waals surface area contributed by atoms with Crippen molar-refractivity contribution in [2.75, 3.05) is 19.6 Å². The smallest absolute Gasteiger partial charge is 0.411 e. The van der Waals surface area contributed by atoms with E-state index in [2.05, 4.69) is 10.3 Å². The Bertz CT molecular complexity index is 1840. The van der Waals surface area contributed by atoms with Crippen LogP contribution in [0.25, 0.3) is 0 Å². The summed E-state index contributed by atoms with van der Waals surface area (Å²) in [6, 6.07) is 23.9. The van der Waals surface area contributed by atoms with Gasteiger partial charge in [-0.15, -0.1) is 0 Å². The first kappa shape index (κ1) is 32.2. The molecule has 2 aliphatic heterocycles. The molecule has 0 radical (unpaired) electrons. The number of carbonyl (C=O) groups excluding carboxylic acids is 3. The molecule has 0 aliphatic carbocycles. The molecule has 1 saturated heterocycles. The average Bonchev–Trinajstić information content (AvgIpc) is 3.12. The largest absolute Gasteiger partial charge is 0.501 e. The second kappa shape index (κ2) is 14.0. The molecule has 1 aromatic heterocycles. The van der Waals surface area contributed by atoms with E-state index in [0.717, 1.165) is 11.1 Å². The Kier molecular flexibility index (Phi) is 9.37. The molecule has 1 fully saturated rings. The van der Waals surface area contributed by atoms with Gasteiger partial charge in [-0.05, 0) is 41.7 Å². The summed E-state index contributed by atoms with van der Waals surface area (Å²) in [5.74, 6) is -1.97. The number of amides is 3. The van der Waals surface area contributed by atoms with Gasteiger partial charge in [-0.1, -0.05) is 72.8 Å². The number of benzene rings is 3. The maximum atomic E-state index is 13.7. The number of aromatic nitrogens is 2. The Morgan fingerprint density at radius 1 is 0.792 bits per heavy atom. The van der Waals surface area contributed by atoms with E-state index in [9.17, 15) is 28.7 Å². The van der Waals surface area contributed by atoms with E-state index in [-0.39, 0.29) is 64.6 Å². The minimum Gasteiger partial charge on any atom is -0.501 e. The number of ether oxygens (including phenoxy) is 2. The molecule has 0 unspecified atom stereocenters. The monoisotopic (exact) mass is 655 g/mol. The molecule has 248 valence electrons. The summed E-state index contributed by atoms with van der Waals surface area (Å²) in [5.41, 5.74) is -0.366. The molecule has 48 heavy (non-hydrogen) atoms. The highest BCUT2D eigenvalue weighted by molar-refractivity contribution is 5.94. The molecule has 1 spiro atoms. The second-order valence-corrected chi connectivity index (χ2v) is 11.6. The molecule has 2 N–H and O–H groups in total. The number of hydrogen-bond donors (Lipinski definition) is 2. The molecule has 12 nitrogen and oxygen atoms in total. The number of nitrogens with one attached hydrogen (secondary N) is 1. The van der Waals surface area contributed by atoms with Crippen molar-refractivity contribution in [2.24, 2.45) is 0 Å². The van der Waals surface area contributed by atoms with E-state index in [0.29, 0.717) is 5.56 Å². The summed E-state index contributed by atoms with van der Waals surface area (Å²) in [6.45, 7) is 0.457. The summed E-state index contributed by atoms with van der Waals surface area (Å²) < 4.78 is 25.9. The topological polar surface area (TPSA) is 143 Å². The molecular formula is C35H34FN5O7. The lowest BCUT2D eigenvalue weighted by Crippen LogP contribution is -2.62. The zero-order chi connectivity index (χ0) is 33.7. The van der Waals surface area contributed by atoms with E-state index >= 15 is 0 Å². The summed E-state index contributed by atoms with van der Waals surface area (Å²) >= 11 is 0. The van der Waals surface area contributed by atoms with Crippen molar-refractivity contribution in [2.45, 2.75) is 44.7 Å². The van der Waals surface area contributed by atoms with Gasteiger partial charge in [0.15, 0.2) is 5.69 Å². The number of hydrogen-bond acceptors (Lipinski definition) is 8. The molecule has 13 heteroatoms. The van der Waals surface area contributed by atoms with Crippen molar-refractivity contribution < 1.29 is 33.4 Å². The van der Waals surface area contributed by atoms with Crippen LogP contribution in [0.2, 0.25) is 0 Å². The van der Waals surface area contributed by atoms with Crippen molar-refractivity contribution in [3.63, 3.8) is 0 Å². The van der Waals surface area contributed by atoms with Crippen molar-refractivity contribution in [1.82, 2.24) is 24.7 Å². The fraction of sp³-hybridized carbons (Fsp3) is 0.286. The van der Waals surface area contributed by atoms with Crippen LogP contribution < -0.4 is 10.9 Å². The van der Waals surface area contributed by atoms with Crippen LogP contribution >= 0.6 is 0 Å². The molecule has 6 rings (SSSR count). The van der Waals surface area contributed by atoms with Crippen LogP contribution in [-0.4, -0.2) is 62.2 Å². The van der Waals surface area contributed by atoms with Gasteiger partial charge in [-0.25, -0.2) is 19.0 Å². The van der Waals surface area contributed by atoms with Crippen molar-refractivity contribution in [3.05, 3.63) is 129 Å². The Balaban J connectivity index is 1.28. The molecule has 3 amide bonds. The van der Waals surface area contributed by atoms with Gasteiger partial charge in [0.05, 0.1) is 0 Å². The Morgan fingerprint density at radius 3 is 1.98 bits per heavy atom. The van der Waals surface area contributed by atoms with E-state index in [4.69, 9.17) is 9.47 Å². The maximum absolute atomic E-state index is 13.7. The third-order valence-corrected chi connectivity index (χ3v) is 8.69. The number of fused-ring (bicyclic) bond motifs is 2. The Labute approximate surface area is 275 Å². The number of piperidine rings is 1. The minimum atomic E-state index is -1.25. The first-order chi connectivity index (χ1) is 23.2. The summed E-state index contributed by atoms with van der Waals surface area (Å²) in [5, 5.41) is 13.4. The third kappa shape index (κ3) is 6.70. The highest BCUT2D eigenvalue weighted by atomic mass is 19.1. The fourth-order valence-electron chi connectivity index (χ4n) is 6.10. The molecule has 2 aliphatic rings. The number of nitrogens with zero attached hydrogens (tertiary/aromatic N) is 4. The SMILES string of the molecule is O=C(NCc1ccc(F)cc1)c1nc2n(c(=O)c1O)CCN(C(=O)OCc1ccccc1)C21CCN(C(=O)OCc2ccccc2)CC1. The lowest BCUT2D eigenvalue weighted by Gasteiger charge is -2.50. The van der Waals surface area contributed by atoms with E-state index in [1.54, 1.807) is 0 Å². The standard InChI is InChI=1S/C35H34FN5O7/c36-27-13-11-24(12-14-27)21-37-30(43)28-29(42)31(44)40-19-20-41(34(46)48-23-26-9-5-2-6-10-26)35(32(40)38-28)15-17-39(18-16-35)33(45)47-22-25-7-3-1-4-8-25/h1-14,42H,15-23H2,(H,37,43). The molecular weight excluding hydrogens is 621 g/mol. The van der Waals surface area contributed by atoms with E-state index in [1.807, 2.05) is 60.7 Å². The molecule has 4 aromatic rings. The van der Waals surface area contributed by atoms with Crippen LogP contribution in [0.4, 0.5) is 14.0 Å². The van der Waals surface area contributed by atoms with Gasteiger partial charge in [-0.2, -0.15) is 0 Å². The zero-order valence-electron chi connectivity index (χ0n) is 26.0. The molecule has 3 aromatic carbocycles. The van der Waals surface area contributed by atoms with E-state index < -0.39 is 46.5 Å². The van der Waals surface area contributed by atoms with Gasteiger partial charge in [0.2, 0.25) is 5.75 Å². The second-order valence-electron chi connectivity index (χ2n) is 11.6. The number of aromatic hydroxyl groups is 1. The Morgan fingerprint density at radius 2 is 1.38 bits per heavy atom. The van der Waals surface area contributed by atoms with Crippen LogP contribution in [0.5, 0.6) is 5.75 Å². The van der Waals surface area contributed by atoms with E-state index in [1.165, 1.54) is 38.6 Å². The van der Waals surface area contributed by atoms with Gasteiger partial charge in [0.25, 0.3) is 11.5 Å². The third-order valence-electron chi connectivity index (χ3n) is 8.69. The van der Waals surface area contributed by atoms with Crippen molar-refractivity contribution >= 4 is 18.1 Å². The first-order valence-corrected chi connectivity index (χ1v) is 15.6. The normalized spacial score (nSPS) is 15.0. The molecule has 0 atom stereocenters. The molecule has 0 saturated carbocycles. The van der Waals surface area contributed by atoms with Crippen LogP contribution in [0.1, 0.15) is 45.8 Å². The average molecular weight is 656 g/mol. The highest BCUT2D eigenvalue weighted by Crippen LogP contribution is 2.41. The van der Waals surface area contributed by atoms with Gasteiger partial charge in [0.1, 0.15) is 30.4 Å². The van der Waals surface area contributed by atoms with Crippen LogP contribution in [0.3, 0.4) is 0 Å². The van der Waals surface area contributed by atoms with Crippen molar-refractivity contribution in [3.8, 4) is 5.75 Å². The maximum Gasteiger partial charge on any atom is 0.411 e. The summed E-state index contributed by atoms with van der Waals surface area (Å²) in [6.07, 6.45) is -0.863. The molecule has 3 heterocycles. The van der Waals surface area contributed by atoms with Crippen LogP contribution in [0.15, 0.2) is 89.7 Å². The Hall–Kier alpha value is -5.72. The fourth-order valence-corrected chi connectivity index (χ4v) is 6.10. The number of likely N-dealkylation sites (tertiary alicyclic amines) is 1. The van der Waals surface area contributed by atoms with Crippen LogP contribution in [-0.2, 0) is 41.3 Å². The van der Waals surface area contributed by atoms with Crippen molar-refractivity contribution in [1.29, 1.82) is 0 Å². The van der Waals surface area contributed by atoms with Crippen LogP contribution in [0, 0.1) is 5.82 Å². The molecule has 0 bridgehead atoms. The lowest BCUT2D eigenvalue weighted by atomic mass is 9.83. The first-order valence-electron chi connectivity index (χ1n) is 15.6. The highest BCUT2D eigenvalue weighted by Gasteiger charge is 2.51. The lowest BCUT2D eigenvalue weighted by molar-refractivity contribution is -0.0155. The van der Waals surface area contributed by atoms with Gasteiger partial charge >= 0.3 is 12.2 Å². The number of rotatable bonds is 7. The zero-order valence-corrected chi connectivity index (χ0v) is 26.0. The minimum absolute atomic E-state index is 0.00275. The van der Waals surface area contributed by atoms with Gasteiger partial charge in [0, 0.05) is 32.7 Å². The number of carbonyl (C=O) groups is 3. The van der Waals surface area contributed by atoms with Gasteiger partial charge in [-0.3, -0.25) is 19.1 Å². The predicted molar refractivity (Wildman–Crippen MR) is 170 cm³/mol. The van der Waals surface area contributed by atoms with Gasteiger partial charge < -0.3 is 24.8 Å². The number of halogens is 1. The summed E-state index contributed by atoms with van der Waals surface area (Å²) in [7, 11) is 0. The summed E-state index contributed by atoms with van der Waals surface area (Å²) in [4.78, 5) is 61.1.